The molecule has 10 heteroatoms. The number of ether oxygens (including phenoxy) is 2. The number of carbonyl (C=O) groups excluding carboxylic acids is 1. The smallest absolute Gasteiger partial charge is 0.402 e. The summed E-state index contributed by atoms with van der Waals surface area (Å²) in [4.78, 5) is 10.3. The van der Waals surface area contributed by atoms with Crippen LogP contribution in [0.25, 0.3) is 0 Å². The van der Waals surface area contributed by atoms with Crippen LogP contribution in [0.4, 0.5) is 30.7 Å². The third-order valence-electron chi connectivity index (χ3n) is 1.62. The van der Waals surface area contributed by atoms with E-state index in [0.717, 1.165) is 0 Å². The van der Waals surface area contributed by atoms with Crippen molar-refractivity contribution in [3.8, 4) is 11.5 Å². The van der Waals surface area contributed by atoms with Crippen molar-refractivity contribution in [2.24, 2.45) is 0 Å². The minimum Gasteiger partial charge on any atom is -0.402 e. The molecule has 0 aromatic heterocycles. The summed E-state index contributed by atoms with van der Waals surface area (Å²) < 4.78 is 90.3. The zero-order valence-electron chi connectivity index (χ0n) is 8.60. The van der Waals surface area contributed by atoms with E-state index >= 15 is 0 Å². The fourth-order valence-corrected chi connectivity index (χ4v) is 1.04. The van der Waals surface area contributed by atoms with E-state index in [1.165, 1.54) is 0 Å². The van der Waals surface area contributed by atoms with E-state index < -0.39 is 35.8 Å². The summed E-state index contributed by atoms with van der Waals surface area (Å²) in [6.45, 7) is 0. The van der Waals surface area contributed by atoms with Crippen molar-refractivity contribution in [3.63, 3.8) is 0 Å². The van der Waals surface area contributed by atoms with Crippen molar-refractivity contribution in [2.45, 2.75) is 12.7 Å². The summed E-state index contributed by atoms with van der Waals surface area (Å²) in [5.41, 5.74) is -0.909. The topological polar surface area (TPSA) is 35.5 Å². The van der Waals surface area contributed by atoms with Crippen molar-refractivity contribution in [2.75, 3.05) is 0 Å². The molecule has 0 fully saturated rings. The number of benzene rings is 1. The Labute approximate surface area is 100 Å². The minimum absolute atomic E-state index is 0.150. The van der Waals surface area contributed by atoms with E-state index in [-0.39, 0.29) is 6.07 Å². The van der Waals surface area contributed by atoms with Gasteiger partial charge < -0.3 is 9.47 Å². The molecule has 106 valence electrons. The van der Waals surface area contributed by atoms with E-state index in [2.05, 4.69) is 9.47 Å². The molecular weight excluding hydrogens is 289 g/mol. The lowest BCUT2D eigenvalue weighted by atomic mass is 10.2. The first kappa shape index (κ1) is 15.1. The van der Waals surface area contributed by atoms with Crippen LogP contribution >= 0.6 is 0 Å². The lowest BCUT2D eigenvalue weighted by molar-refractivity contribution is -0.287. The molecule has 0 N–H and O–H groups in total. The van der Waals surface area contributed by atoms with Crippen molar-refractivity contribution in [1.29, 1.82) is 0 Å². The van der Waals surface area contributed by atoms with E-state index in [9.17, 15) is 35.5 Å². The highest BCUT2D eigenvalue weighted by Gasteiger charge is 2.36. The van der Waals surface area contributed by atoms with Crippen molar-refractivity contribution in [1.82, 2.24) is 0 Å². The van der Waals surface area contributed by atoms with Crippen molar-refractivity contribution >= 4 is 6.04 Å². The Morgan fingerprint density at radius 2 is 1.37 bits per heavy atom. The summed E-state index contributed by atoms with van der Waals surface area (Å²) in [7, 11) is 0. The van der Waals surface area contributed by atoms with Crippen LogP contribution in [0.1, 0.15) is 10.4 Å². The largest absolute Gasteiger partial charge is 0.573 e. The standard InChI is InChI=1S/C9H3F7O3/c10-7(17)4-1-2-5(18-8(11,12)13)6(3-4)19-9(14,15)16/h1-3H. The lowest BCUT2D eigenvalue weighted by Gasteiger charge is -2.15. The van der Waals surface area contributed by atoms with Gasteiger partial charge in [0.15, 0.2) is 11.5 Å². The summed E-state index contributed by atoms with van der Waals surface area (Å²) in [5.74, 6) is -2.83. The number of rotatable bonds is 3. The van der Waals surface area contributed by atoms with Crippen LogP contribution in [0.15, 0.2) is 18.2 Å². The number of carbonyl (C=O) groups is 1. The molecule has 0 amide bonds. The first-order valence-corrected chi connectivity index (χ1v) is 4.33. The van der Waals surface area contributed by atoms with Crippen LogP contribution in [-0.2, 0) is 0 Å². The molecule has 0 saturated carbocycles. The first-order valence-electron chi connectivity index (χ1n) is 4.33. The summed E-state index contributed by atoms with van der Waals surface area (Å²) in [5, 5.41) is 0. The van der Waals surface area contributed by atoms with Gasteiger partial charge in [-0.05, 0) is 18.2 Å². The predicted octanol–water partition coefficient (Wildman–Crippen LogP) is 3.59. The molecule has 0 heterocycles. The van der Waals surface area contributed by atoms with Gasteiger partial charge in [0.2, 0.25) is 0 Å². The molecule has 1 aromatic carbocycles. The molecule has 1 aromatic rings. The van der Waals surface area contributed by atoms with Gasteiger partial charge in [0.1, 0.15) is 0 Å². The lowest BCUT2D eigenvalue weighted by Crippen LogP contribution is -2.21. The number of halogens is 7. The zero-order valence-corrected chi connectivity index (χ0v) is 8.60. The summed E-state index contributed by atoms with van der Waals surface area (Å²) in [6.07, 6.45) is -10.6. The number of alkyl halides is 6. The van der Waals surface area contributed by atoms with Gasteiger partial charge in [-0.3, -0.25) is 4.79 Å². The fourth-order valence-electron chi connectivity index (χ4n) is 1.04. The molecule has 0 aliphatic heterocycles. The number of hydrogen-bond acceptors (Lipinski definition) is 3. The quantitative estimate of drug-likeness (QED) is 0.631. The van der Waals surface area contributed by atoms with Gasteiger partial charge >= 0.3 is 18.8 Å². The summed E-state index contributed by atoms with van der Waals surface area (Å²) in [6, 6.07) is -1.13. The summed E-state index contributed by atoms with van der Waals surface area (Å²) >= 11 is 0. The Morgan fingerprint density at radius 1 is 0.895 bits per heavy atom. The first-order chi connectivity index (χ1) is 8.48. The van der Waals surface area contributed by atoms with Gasteiger partial charge in [0, 0.05) is 0 Å². The fraction of sp³-hybridized carbons (Fsp3) is 0.222. The second-order valence-corrected chi connectivity index (χ2v) is 3.03. The molecule has 0 atom stereocenters. The van der Waals surface area contributed by atoms with Crippen LogP contribution in [0.5, 0.6) is 11.5 Å². The zero-order chi connectivity index (χ0) is 14.8. The molecule has 0 saturated heterocycles. The molecule has 19 heavy (non-hydrogen) atoms. The highest BCUT2D eigenvalue weighted by molar-refractivity contribution is 5.89. The maximum atomic E-state index is 12.3. The van der Waals surface area contributed by atoms with Gasteiger partial charge in [0.25, 0.3) is 0 Å². The van der Waals surface area contributed by atoms with Crippen molar-refractivity contribution < 1.29 is 45.0 Å². The SMILES string of the molecule is O=C(F)c1ccc(OC(F)(F)F)c(OC(F)(F)F)c1. The van der Waals surface area contributed by atoms with Gasteiger partial charge in [-0.25, -0.2) is 0 Å². The Kier molecular flexibility index (Phi) is 3.91. The van der Waals surface area contributed by atoms with E-state index in [1.54, 1.807) is 0 Å². The number of hydrogen-bond donors (Lipinski definition) is 0. The molecule has 3 nitrogen and oxygen atoms in total. The van der Waals surface area contributed by atoms with Crippen molar-refractivity contribution in [3.05, 3.63) is 23.8 Å². The Bertz CT molecular complexity index is 478. The van der Waals surface area contributed by atoms with Gasteiger partial charge in [-0.15, -0.1) is 26.3 Å². The Hall–Kier alpha value is -2.00. The van der Waals surface area contributed by atoms with Crippen LogP contribution < -0.4 is 9.47 Å². The van der Waals surface area contributed by atoms with E-state index in [4.69, 9.17) is 0 Å². The third-order valence-corrected chi connectivity index (χ3v) is 1.62. The van der Waals surface area contributed by atoms with Crippen LogP contribution in [0, 0.1) is 0 Å². The minimum atomic E-state index is -5.33. The third kappa shape index (κ3) is 5.02. The average molecular weight is 292 g/mol. The second kappa shape index (κ2) is 4.94. The highest BCUT2D eigenvalue weighted by atomic mass is 19.4. The van der Waals surface area contributed by atoms with Crippen LogP contribution in [-0.4, -0.2) is 18.8 Å². The molecule has 0 radical (unpaired) electrons. The van der Waals surface area contributed by atoms with E-state index in [1.807, 2.05) is 0 Å². The molecule has 0 spiro atoms. The van der Waals surface area contributed by atoms with Crippen LogP contribution in [0.3, 0.4) is 0 Å². The second-order valence-electron chi connectivity index (χ2n) is 3.03. The maximum absolute atomic E-state index is 12.3. The molecule has 0 aliphatic carbocycles. The molecule has 0 unspecified atom stereocenters. The molecule has 1 rings (SSSR count). The van der Waals surface area contributed by atoms with E-state index in [0.29, 0.717) is 12.1 Å². The predicted molar refractivity (Wildman–Crippen MR) is 45.2 cm³/mol. The Morgan fingerprint density at radius 3 is 1.79 bits per heavy atom. The monoisotopic (exact) mass is 292 g/mol. The van der Waals surface area contributed by atoms with Gasteiger partial charge in [-0.1, -0.05) is 0 Å². The molecule has 0 bridgehead atoms. The molecule has 0 aliphatic rings. The average Bonchev–Trinajstić information content (AvgIpc) is 2.15. The highest BCUT2D eigenvalue weighted by Crippen LogP contribution is 2.36. The Balaban J connectivity index is 3.19. The van der Waals surface area contributed by atoms with Gasteiger partial charge in [0.05, 0.1) is 5.56 Å². The normalized spacial score (nSPS) is 12.2. The van der Waals surface area contributed by atoms with Crippen LogP contribution in [0.2, 0.25) is 0 Å². The van der Waals surface area contributed by atoms with Gasteiger partial charge in [-0.2, -0.15) is 4.39 Å². The molecular formula is C9H3F7O3. The maximum Gasteiger partial charge on any atom is 0.573 e.